The second kappa shape index (κ2) is 16.7. The molecule has 0 aliphatic rings. The molecule has 0 amide bonds. The van der Waals surface area contributed by atoms with Crippen LogP contribution in [0.1, 0.15) is 78.1 Å². The molecule has 0 saturated heterocycles. The summed E-state index contributed by atoms with van der Waals surface area (Å²) in [6.07, 6.45) is 7.56. The molecule has 2 N–H and O–H groups in total. The Labute approximate surface area is 145 Å². The third-order valence-corrected chi connectivity index (χ3v) is 4.38. The molecule has 24 heavy (non-hydrogen) atoms. The van der Waals surface area contributed by atoms with Gasteiger partial charge in [0, 0.05) is 0 Å². The molecule has 0 atom stereocenters. The van der Waals surface area contributed by atoms with E-state index < -0.39 is 22.1 Å². The fourth-order valence-electron chi connectivity index (χ4n) is 1.69. The zero-order valence-electron chi connectivity index (χ0n) is 14.8. The van der Waals surface area contributed by atoms with E-state index >= 15 is 0 Å². The predicted molar refractivity (Wildman–Crippen MR) is 92.5 cm³/mol. The van der Waals surface area contributed by atoms with Crippen LogP contribution in [0, 0.1) is 0 Å². The zero-order valence-corrected chi connectivity index (χ0v) is 15.6. The molecule has 7 nitrogen and oxygen atoms in total. The fourth-order valence-corrected chi connectivity index (χ4v) is 2.74. The van der Waals surface area contributed by atoms with Crippen LogP contribution in [-0.2, 0) is 23.9 Å². The Morgan fingerprint density at radius 3 is 1.67 bits per heavy atom. The number of aliphatic carboxylic acids is 2. The van der Waals surface area contributed by atoms with E-state index in [0.29, 0.717) is 6.61 Å². The Bertz CT molecular complexity index is 404. The minimum absolute atomic E-state index is 0.181. The van der Waals surface area contributed by atoms with Crippen LogP contribution in [0.2, 0.25) is 0 Å². The van der Waals surface area contributed by atoms with E-state index in [2.05, 4.69) is 13.8 Å². The van der Waals surface area contributed by atoms with Crippen LogP contribution in [0.4, 0.5) is 0 Å². The normalized spacial score (nSPS) is 10.8. The molecule has 0 aromatic carbocycles. The van der Waals surface area contributed by atoms with Gasteiger partial charge < -0.3 is 10.2 Å². The van der Waals surface area contributed by atoms with E-state index in [1.165, 1.54) is 0 Å². The van der Waals surface area contributed by atoms with Gasteiger partial charge in [0.2, 0.25) is 0 Å². The van der Waals surface area contributed by atoms with Crippen molar-refractivity contribution in [3.05, 3.63) is 0 Å². The number of hydrogen-bond acceptors (Lipinski definition) is 5. The molecule has 8 heteroatoms. The first-order chi connectivity index (χ1) is 11.2. The van der Waals surface area contributed by atoms with Crippen molar-refractivity contribution in [1.29, 1.82) is 0 Å². The quantitative estimate of drug-likeness (QED) is 0.356. The summed E-state index contributed by atoms with van der Waals surface area (Å²) in [6.45, 7) is 4.60. The molecule has 0 heterocycles. The highest BCUT2D eigenvalue weighted by atomic mass is 32.2. The SMILES string of the molecule is CCCCCCOS(=O)(=O)CCCCCC.O=C(O)CCC(=O)O. The molecule has 0 aromatic heterocycles. The first kappa shape index (κ1) is 25.1. The number of unbranched alkanes of at least 4 members (excludes halogenated alkanes) is 6. The monoisotopic (exact) mass is 368 g/mol. The van der Waals surface area contributed by atoms with Gasteiger partial charge in [0.15, 0.2) is 0 Å². The minimum atomic E-state index is -3.25. The molecule has 0 aliphatic heterocycles. The van der Waals surface area contributed by atoms with Gasteiger partial charge in [0.1, 0.15) is 0 Å². The lowest BCUT2D eigenvalue weighted by Gasteiger charge is -2.05. The third-order valence-electron chi connectivity index (χ3n) is 3.06. The van der Waals surface area contributed by atoms with Crippen molar-refractivity contribution >= 4 is 22.1 Å². The van der Waals surface area contributed by atoms with Crippen molar-refractivity contribution < 1.29 is 32.4 Å². The van der Waals surface area contributed by atoms with Gasteiger partial charge in [0.05, 0.1) is 25.2 Å². The largest absolute Gasteiger partial charge is 0.481 e. The van der Waals surface area contributed by atoms with Gasteiger partial charge in [-0.2, -0.15) is 8.42 Å². The zero-order chi connectivity index (χ0) is 18.8. The maximum absolute atomic E-state index is 11.4. The first-order valence-electron chi connectivity index (χ1n) is 8.55. The number of rotatable bonds is 14. The molecule has 144 valence electrons. The summed E-state index contributed by atoms with van der Waals surface area (Å²) in [4.78, 5) is 19.3. The fraction of sp³-hybridized carbons (Fsp3) is 0.875. The summed E-state index contributed by atoms with van der Waals surface area (Å²) in [5.41, 5.74) is 0. The molecule has 0 rings (SSSR count). The van der Waals surface area contributed by atoms with Gasteiger partial charge in [0.25, 0.3) is 10.1 Å². The van der Waals surface area contributed by atoms with Crippen molar-refractivity contribution in [3.63, 3.8) is 0 Å². The van der Waals surface area contributed by atoms with Crippen LogP contribution < -0.4 is 0 Å². The van der Waals surface area contributed by atoms with Gasteiger partial charge in [-0.1, -0.05) is 52.4 Å². The van der Waals surface area contributed by atoms with Crippen LogP contribution in [-0.4, -0.2) is 42.9 Å². The summed E-state index contributed by atoms with van der Waals surface area (Å²) in [7, 11) is -3.25. The van der Waals surface area contributed by atoms with Gasteiger partial charge in [-0.15, -0.1) is 0 Å². The van der Waals surface area contributed by atoms with E-state index in [1.807, 2.05) is 0 Å². The Hall–Kier alpha value is -1.15. The molecular formula is C16H32O7S. The summed E-state index contributed by atoms with van der Waals surface area (Å²) >= 11 is 0. The highest BCUT2D eigenvalue weighted by Gasteiger charge is 2.09. The van der Waals surface area contributed by atoms with Crippen LogP contribution in [0.25, 0.3) is 0 Å². The average Bonchev–Trinajstić information content (AvgIpc) is 2.50. The topological polar surface area (TPSA) is 118 Å². The summed E-state index contributed by atoms with van der Waals surface area (Å²) in [6, 6.07) is 0. The molecule has 0 bridgehead atoms. The Morgan fingerprint density at radius 2 is 1.25 bits per heavy atom. The maximum Gasteiger partial charge on any atom is 0.303 e. The molecule has 0 saturated carbocycles. The van der Waals surface area contributed by atoms with Crippen molar-refractivity contribution in [2.75, 3.05) is 12.4 Å². The van der Waals surface area contributed by atoms with Crippen molar-refractivity contribution in [2.24, 2.45) is 0 Å². The van der Waals surface area contributed by atoms with Gasteiger partial charge in [-0.3, -0.25) is 13.8 Å². The summed E-state index contributed by atoms with van der Waals surface area (Å²) in [5, 5.41) is 15.8. The second-order valence-electron chi connectivity index (χ2n) is 5.49. The van der Waals surface area contributed by atoms with Gasteiger partial charge in [-0.05, 0) is 12.8 Å². The molecule has 0 fully saturated rings. The standard InChI is InChI=1S/C12H26O3S.C4H6O4/c1-3-5-7-9-11-15-16(13,14)12-10-8-6-4-2;5-3(6)1-2-4(7)8/h3-12H2,1-2H3;1-2H2,(H,5,6)(H,7,8). The van der Waals surface area contributed by atoms with E-state index in [4.69, 9.17) is 14.4 Å². The van der Waals surface area contributed by atoms with Crippen LogP contribution in [0.5, 0.6) is 0 Å². The van der Waals surface area contributed by atoms with E-state index in [-0.39, 0.29) is 18.6 Å². The van der Waals surface area contributed by atoms with Crippen LogP contribution in [0.15, 0.2) is 0 Å². The summed E-state index contributed by atoms with van der Waals surface area (Å²) < 4.78 is 27.7. The Balaban J connectivity index is 0. The predicted octanol–water partition coefficient (Wildman–Crippen LogP) is 3.43. The van der Waals surface area contributed by atoms with E-state index in [9.17, 15) is 18.0 Å². The highest BCUT2D eigenvalue weighted by molar-refractivity contribution is 7.86. The average molecular weight is 368 g/mol. The smallest absolute Gasteiger partial charge is 0.303 e. The molecule has 0 aliphatic carbocycles. The minimum Gasteiger partial charge on any atom is -0.481 e. The van der Waals surface area contributed by atoms with Crippen LogP contribution >= 0.6 is 0 Å². The van der Waals surface area contributed by atoms with Gasteiger partial charge >= 0.3 is 11.9 Å². The maximum atomic E-state index is 11.4. The molecule has 0 spiro atoms. The molecule has 0 unspecified atom stereocenters. The second-order valence-corrected chi connectivity index (χ2v) is 7.25. The lowest BCUT2D eigenvalue weighted by molar-refractivity contribution is -0.143. The van der Waals surface area contributed by atoms with Gasteiger partial charge in [-0.25, -0.2) is 0 Å². The molecular weight excluding hydrogens is 336 g/mol. The molecule has 0 aromatic rings. The van der Waals surface area contributed by atoms with Crippen LogP contribution in [0.3, 0.4) is 0 Å². The first-order valence-corrected chi connectivity index (χ1v) is 10.1. The van der Waals surface area contributed by atoms with E-state index in [0.717, 1.165) is 51.4 Å². The lowest BCUT2D eigenvalue weighted by Crippen LogP contribution is -2.11. The highest BCUT2D eigenvalue weighted by Crippen LogP contribution is 2.06. The van der Waals surface area contributed by atoms with Crippen molar-refractivity contribution in [3.8, 4) is 0 Å². The number of carbonyl (C=O) groups is 2. The van der Waals surface area contributed by atoms with E-state index in [1.54, 1.807) is 0 Å². The Kier molecular flexibility index (Phi) is 17.5. The third kappa shape index (κ3) is 23.1. The Morgan fingerprint density at radius 1 is 0.792 bits per heavy atom. The summed E-state index contributed by atoms with van der Waals surface area (Å²) in [5.74, 6) is -1.97. The van der Waals surface area contributed by atoms with Crippen molar-refractivity contribution in [2.45, 2.75) is 78.1 Å². The number of carboxylic acid groups (broad SMARTS) is 2. The number of carboxylic acids is 2. The lowest BCUT2D eigenvalue weighted by atomic mass is 10.2. The molecule has 0 radical (unpaired) electrons. The van der Waals surface area contributed by atoms with Crippen molar-refractivity contribution in [1.82, 2.24) is 0 Å². The number of hydrogen-bond donors (Lipinski definition) is 2.